The fourth-order valence-electron chi connectivity index (χ4n) is 1.42. The zero-order valence-electron chi connectivity index (χ0n) is 8.40. The largest absolute Gasteiger partial charge is 0.360 e. The van der Waals surface area contributed by atoms with E-state index in [4.69, 9.17) is 4.52 Å². The van der Waals surface area contributed by atoms with Gasteiger partial charge in [-0.3, -0.25) is 0 Å². The van der Waals surface area contributed by atoms with Crippen LogP contribution in [0.5, 0.6) is 0 Å². The highest BCUT2D eigenvalue weighted by Crippen LogP contribution is 2.40. The van der Waals surface area contributed by atoms with E-state index in [-0.39, 0.29) is 0 Å². The summed E-state index contributed by atoms with van der Waals surface area (Å²) in [5, 5.41) is 12.0. The Morgan fingerprint density at radius 2 is 2.20 bits per heavy atom. The predicted molar refractivity (Wildman–Crippen MR) is 53.1 cm³/mol. The summed E-state index contributed by atoms with van der Waals surface area (Å²) in [7, 11) is 0. The van der Waals surface area contributed by atoms with Crippen LogP contribution in [0, 0.1) is 13.0 Å². The first-order valence-corrected chi connectivity index (χ1v) is 5.02. The van der Waals surface area contributed by atoms with Crippen LogP contribution in [-0.4, -0.2) is 15.4 Å². The minimum atomic E-state index is 0.532. The van der Waals surface area contributed by atoms with Crippen LogP contribution < -0.4 is 0 Å². The molecule has 1 radical (unpaired) electrons. The van der Waals surface area contributed by atoms with Crippen molar-refractivity contribution in [3.8, 4) is 11.4 Å². The highest BCUT2D eigenvalue weighted by Gasteiger charge is 2.28. The molecule has 3 rings (SSSR count). The topological polar surface area (TPSA) is 51.8 Å². The van der Waals surface area contributed by atoms with Crippen molar-refractivity contribution >= 4 is 0 Å². The summed E-state index contributed by atoms with van der Waals surface area (Å²) in [4.78, 5) is 0. The molecule has 0 unspecified atom stereocenters. The smallest absolute Gasteiger partial charge is 0.148 e. The Morgan fingerprint density at radius 1 is 1.33 bits per heavy atom. The van der Waals surface area contributed by atoms with E-state index in [2.05, 4.69) is 21.4 Å². The van der Waals surface area contributed by atoms with E-state index < -0.39 is 0 Å². The van der Waals surface area contributed by atoms with E-state index in [1.165, 1.54) is 12.8 Å². The first-order valence-electron chi connectivity index (χ1n) is 5.02. The Bertz CT molecular complexity index is 471. The standard InChI is InChI=1S/C11H10N3O/c1-7-2-5-9(13-12-7)10-6-11(15-14-10)8-3-4-8/h2,5,8H,3-4H2,1H3. The lowest BCUT2D eigenvalue weighted by molar-refractivity contribution is 0.386. The zero-order chi connectivity index (χ0) is 10.3. The minimum absolute atomic E-state index is 0.532. The Hall–Kier alpha value is -1.71. The first kappa shape index (κ1) is 8.59. The lowest BCUT2D eigenvalue weighted by atomic mass is 10.2. The summed E-state index contributed by atoms with van der Waals surface area (Å²) >= 11 is 0. The van der Waals surface area contributed by atoms with Gasteiger partial charge in [-0.2, -0.15) is 5.10 Å². The number of hydrogen-bond donors (Lipinski definition) is 0. The van der Waals surface area contributed by atoms with Crippen LogP contribution in [0.15, 0.2) is 16.7 Å². The van der Waals surface area contributed by atoms with Gasteiger partial charge in [0.25, 0.3) is 0 Å². The molecule has 2 heterocycles. The van der Waals surface area contributed by atoms with Gasteiger partial charge < -0.3 is 4.52 Å². The van der Waals surface area contributed by atoms with E-state index >= 15 is 0 Å². The number of rotatable bonds is 2. The van der Waals surface area contributed by atoms with Crippen molar-refractivity contribution in [1.82, 2.24) is 15.4 Å². The Labute approximate surface area is 87.3 Å². The van der Waals surface area contributed by atoms with Gasteiger partial charge in [-0.25, -0.2) is 0 Å². The molecule has 15 heavy (non-hydrogen) atoms. The maximum absolute atomic E-state index is 5.20. The summed E-state index contributed by atoms with van der Waals surface area (Å²) in [5.74, 6) is 1.39. The molecule has 0 aliphatic heterocycles. The van der Waals surface area contributed by atoms with Gasteiger partial charge in [0.1, 0.15) is 17.1 Å². The molecule has 0 bridgehead atoms. The minimum Gasteiger partial charge on any atom is -0.360 e. The fraction of sp³-hybridized carbons (Fsp3) is 0.364. The van der Waals surface area contributed by atoms with Crippen molar-refractivity contribution in [2.45, 2.75) is 25.7 Å². The Kier molecular flexibility index (Phi) is 1.80. The molecule has 0 atom stereocenters. The van der Waals surface area contributed by atoms with Gasteiger partial charge >= 0.3 is 0 Å². The molecule has 1 saturated carbocycles. The second-order valence-corrected chi connectivity index (χ2v) is 3.85. The van der Waals surface area contributed by atoms with Crippen molar-refractivity contribution in [2.24, 2.45) is 0 Å². The van der Waals surface area contributed by atoms with Crippen LogP contribution in [0.1, 0.15) is 30.2 Å². The summed E-state index contributed by atoms with van der Waals surface area (Å²) in [6.07, 6.45) is 2.37. The maximum Gasteiger partial charge on any atom is 0.148 e. The van der Waals surface area contributed by atoms with Crippen LogP contribution >= 0.6 is 0 Å². The molecule has 4 nitrogen and oxygen atoms in total. The van der Waals surface area contributed by atoms with Crippen molar-refractivity contribution in [1.29, 1.82) is 0 Å². The molecule has 1 aliphatic carbocycles. The summed E-state index contributed by atoms with van der Waals surface area (Å²) in [5.41, 5.74) is 2.27. The van der Waals surface area contributed by atoms with Crippen LogP contribution in [0.25, 0.3) is 11.4 Å². The van der Waals surface area contributed by atoms with E-state index in [0.29, 0.717) is 11.6 Å². The molecule has 2 aromatic heterocycles. The molecule has 1 aliphatic rings. The Balaban J connectivity index is 1.93. The molecule has 0 aromatic carbocycles. The van der Waals surface area contributed by atoms with E-state index in [1.54, 1.807) is 0 Å². The third-order valence-corrected chi connectivity index (χ3v) is 2.47. The quantitative estimate of drug-likeness (QED) is 0.745. The monoisotopic (exact) mass is 200 g/mol. The molecule has 75 valence electrons. The second kappa shape index (κ2) is 3.15. The molecular formula is C11H10N3O. The van der Waals surface area contributed by atoms with Crippen molar-refractivity contribution in [3.63, 3.8) is 0 Å². The third-order valence-electron chi connectivity index (χ3n) is 2.47. The van der Waals surface area contributed by atoms with Crippen molar-refractivity contribution < 1.29 is 4.52 Å². The maximum atomic E-state index is 5.20. The van der Waals surface area contributed by atoms with Crippen LogP contribution in [0.3, 0.4) is 0 Å². The van der Waals surface area contributed by atoms with Gasteiger partial charge in [0.2, 0.25) is 0 Å². The lowest BCUT2D eigenvalue weighted by Gasteiger charge is -1.92. The van der Waals surface area contributed by atoms with Crippen LogP contribution in [-0.2, 0) is 0 Å². The summed E-state index contributed by atoms with van der Waals surface area (Å²) in [6.45, 7) is 1.90. The number of aryl methyl sites for hydroxylation is 1. The SMILES string of the molecule is Cc1ccc(-c2[c]c(C3CC3)on2)nn1. The van der Waals surface area contributed by atoms with E-state index in [9.17, 15) is 0 Å². The van der Waals surface area contributed by atoms with E-state index in [0.717, 1.165) is 17.1 Å². The fourth-order valence-corrected chi connectivity index (χ4v) is 1.42. The van der Waals surface area contributed by atoms with Gasteiger partial charge in [0.15, 0.2) is 0 Å². The predicted octanol–water partition coefficient (Wildman–Crippen LogP) is 2.12. The van der Waals surface area contributed by atoms with Crippen LogP contribution in [0.4, 0.5) is 0 Å². The molecular weight excluding hydrogens is 190 g/mol. The van der Waals surface area contributed by atoms with E-state index in [1.807, 2.05) is 19.1 Å². The zero-order valence-corrected chi connectivity index (χ0v) is 8.40. The second-order valence-electron chi connectivity index (χ2n) is 3.85. The number of aromatic nitrogens is 3. The van der Waals surface area contributed by atoms with Gasteiger partial charge in [0, 0.05) is 5.92 Å². The summed E-state index contributed by atoms with van der Waals surface area (Å²) in [6, 6.07) is 6.92. The molecule has 0 amide bonds. The average molecular weight is 200 g/mol. The van der Waals surface area contributed by atoms with Crippen molar-refractivity contribution in [2.75, 3.05) is 0 Å². The molecule has 0 spiro atoms. The van der Waals surface area contributed by atoms with Crippen molar-refractivity contribution in [3.05, 3.63) is 29.7 Å². The van der Waals surface area contributed by atoms with Crippen LogP contribution in [0.2, 0.25) is 0 Å². The highest BCUT2D eigenvalue weighted by atomic mass is 16.5. The first-order chi connectivity index (χ1) is 7.33. The third kappa shape index (κ3) is 1.63. The highest BCUT2D eigenvalue weighted by molar-refractivity contribution is 5.52. The Morgan fingerprint density at radius 3 is 2.87 bits per heavy atom. The van der Waals surface area contributed by atoms with Gasteiger partial charge in [0.05, 0.1) is 11.8 Å². The molecule has 0 saturated heterocycles. The van der Waals surface area contributed by atoms with Gasteiger partial charge in [-0.1, -0.05) is 5.16 Å². The molecule has 2 aromatic rings. The molecule has 0 N–H and O–H groups in total. The summed E-state index contributed by atoms with van der Waals surface area (Å²) < 4.78 is 5.20. The molecule has 1 fully saturated rings. The number of hydrogen-bond acceptors (Lipinski definition) is 4. The molecule has 4 heteroatoms. The number of nitrogens with zero attached hydrogens (tertiary/aromatic N) is 3. The lowest BCUT2D eigenvalue weighted by Crippen LogP contribution is -1.89. The normalized spacial score (nSPS) is 15.5. The van der Waals surface area contributed by atoms with Gasteiger partial charge in [-0.05, 0) is 31.9 Å². The van der Waals surface area contributed by atoms with Gasteiger partial charge in [-0.15, -0.1) is 5.10 Å². The average Bonchev–Trinajstić information content (AvgIpc) is 2.99.